The van der Waals surface area contributed by atoms with Crippen LogP contribution in [0.4, 0.5) is 13.2 Å². The van der Waals surface area contributed by atoms with Gasteiger partial charge in [0.15, 0.2) is 5.96 Å². The molecule has 0 spiro atoms. The van der Waals surface area contributed by atoms with Crippen LogP contribution in [-0.2, 0) is 10.0 Å². The van der Waals surface area contributed by atoms with Crippen LogP contribution in [0.2, 0.25) is 0 Å². The van der Waals surface area contributed by atoms with E-state index >= 15 is 0 Å². The second-order valence-corrected chi connectivity index (χ2v) is 8.38. The molecule has 1 saturated heterocycles. The van der Waals surface area contributed by atoms with Crippen LogP contribution in [0.25, 0.3) is 0 Å². The highest BCUT2D eigenvalue weighted by atomic mass is 32.2. The predicted octanol–water partition coefficient (Wildman–Crippen LogP) is 1.61. The van der Waals surface area contributed by atoms with E-state index in [9.17, 15) is 21.6 Å². The number of aliphatic imine (C=N–C) groups is 1. The molecule has 6 nitrogen and oxygen atoms in total. The first kappa shape index (κ1) is 21.4. The molecule has 0 aromatic heterocycles. The lowest BCUT2D eigenvalue weighted by Crippen LogP contribution is -2.51. The number of halogens is 3. The van der Waals surface area contributed by atoms with Crippen molar-refractivity contribution in [3.8, 4) is 0 Å². The maximum Gasteiger partial charge on any atom is 0.511 e. The van der Waals surface area contributed by atoms with Gasteiger partial charge in [-0.05, 0) is 37.7 Å². The summed E-state index contributed by atoms with van der Waals surface area (Å²) in [6.07, 6.45) is 4.77. The van der Waals surface area contributed by atoms with Gasteiger partial charge in [-0.2, -0.15) is 29.2 Å². The van der Waals surface area contributed by atoms with Gasteiger partial charge in [0, 0.05) is 32.7 Å². The molecule has 0 amide bonds. The average Bonchev–Trinajstić information content (AvgIpc) is 2.53. The fourth-order valence-electron chi connectivity index (χ4n) is 2.35. The maximum atomic E-state index is 12.5. The van der Waals surface area contributed by atoms with E-state index in [2.05, 4.69) is 21.9 Å². The molecule has 142 valence electrons. The molecule has 0 saturated carbocycles. The Hall–Kier alpha value is -0.680. The van der Waals surface area contributed by atoms with Gasteiger partial charge in [0.2, 0.25) is 0 Å². The average molecular weight is 390 g/mol. The number of thioether (sulfide) groups is 1. The molecule has 1 rings (SSSR count). The number of hydrogen-bond donors (Lipinski definition) is 2. The Bertz CT molecular complexity index is 504. The topological polar surface area (TPSA) is 73.8 Å². The van der Waals surface area contributed by atoms with Crippen LogP contribution in [0.5, 0.6) is 0 Å². The van der Waals surface area contributed by atoms with Crippen LogP contribution in [-0.4, -0.2) is 68.9 Å². The summed E-state index contributed by atoms with van der Waals surface area (Å²) in [6, 6.07) is -0.0953. The fourth-order valence-corrected chi connectivity index (χ4v) is 3.83. The molecule has 1 heterocycles. The van der Waals surface area contributed by atoms with Gasteiger partial charge in [-0.3, -0.25) is 4.99 Å². The molecule has 0 bridgehead atoms. The maximum absolute atomic E-state index is 12.5. The quantitative estimate of drug-likeness (QED) is 0.393. The zero-order chi connectivity index (χ0) is 18.2. The van der Waals surface area contributed by atoms with Gasteiger partial charge in [-0.15, -0.1) is 0 Å². The summed E-state index contributed by atoms with van der Waals surface area (Å²) in [6.45, 7) is 0.468. The first-order valence-corrected chi connectivity index (χ1v) is 10.6. The van der Waals surface area contributed by atoms with Gasteiger partial charge >= 0.3 is 15.5 Å². The van der Waals surface area contributed by atoms with Crippen molar-refractivity contribution in [2.24, 2.45) is 4.99 Å². The van der Waals surface area contributed by atoms with E-state index < -0.39 is 15.5 Å². The third-order valence-electron chi connectivity index (χ3n) is 3.72. The number of nitrogens with one attached hydrogen (secondary N) is 2. The first-order valence-electron chi connectivity index (χ1n) is 7.75. The molecule has 2 N–H and O–H groups in total. The molecular weight excluding hydrogens is 365 g/mol. The number of guanidine groups is 1. The normalized spacial score (nSPS) is 18.6. The van der Waals surface area contributed by atoms with E-state index in [0.717, 1.165) is 25.1 Å². The van der Waals surface area contributed by atoms with E-state index in [1.54, 1.807) is 18.8 Å². The van der Waals surface area contributed by atoms with Crippen molar-refractivity contribution in [3.63, 3.8) is 0 Å². The van der Waals surface area contributed by atoms with Crippen molar-refractivity contribution in [3.05, 3.63) is 0 Å². The molecule has 1 fully saturated rings. The third kappa shape index (κ3) is 6.32. The predicted molar refractivity (Wildman–Crippen MR) is 91.7 cm³/mol. The van der Waals surface area contributed by atoms with Crippen molar-refractivity contribution in [1.29, 1.82) is 0 Å². The van der Waals surface area contributed by atoms with Crippen LogP contribution >= 0.6 is 11.8 Å². The van der Waals surface area contributed by atoms with E-state index in [0.29, 0.717) is 23.1 Å². The smallest absolute Gasteiger partial charge is 0.356 e. The Kier molecular flexibility index (Phi) is 8.65. The van der Waals surface area contributed by atoms with Gasteiger partial charge in [0.25, 0.3) is 0 Å². The van der Waals surface area contributed by atoms with Crippen molar-refractivity contribution < 1.29 is 21.6 Å². The molecule has 11 heteroatoms. The molecule has 0 radical (unpaired) electrons. The summed E-state index contributed by atoms with van der Waals surface area (Å²) < 4.78 is 60.8. The monoisotopic (exact) mass is 390 g/mol. The Morgan fingerprint density at radius 3 is 2.42 bits per heavy atom. The molecular formula is C13H25F3N4O2S2. The minimum absolute atomic E-state index is 0.0953. The second kappa shape index (κ2) is 9.71. The van der Waals surface area contributed by atoms with Gasteiger partial charge < -0.3 is 10.6 Å². The van der Waals surface area contributed by atoms with Crippen LogP contribution < -0.4 is 10.6 Å². The highest BCUT2D eigenvalue weighted by molar-refractivity contribution is 7.98. The SMILES string of the molecule is CN=C(NCCCCSC)NC1CCN(S(=O)(=O)C(F)(F)F)CC1. The summed E-state index contributed by atoms with van der Waals surface area (Å²) >= 11 is 1.79. The van der Waals surface area contributed by atoms with E-state index in [1.807, 2.05) is 0 Å². The highest BCUT2D eigenvalue weighted by Crippen LogP contribution is 2.28. The molecule has 24 heavy (non-hydrogen) atoms. The molecule has 0 aromatic carbocycles. The third-order valence-corrected chi connectivity index (χ3v) is 6.05. The second-order valence-electron chi connectivity index (χ2n) is 5.47. The van der Waals surface area contributed by atoms with E-state index in [4.69, 9.17) is 0 Å². The molecule has 0 aliphatic carbocycles. The van der Waals surface area contributed by atoms with Gasteiger partial charge in [-0.25, -0.2) is 8.42 Å². The zero-order valence-corrected chi connectivity index (χ0v) is 15.5. The summed E-state index contributed by atoms with van der Waals surface area (Å²) in [5.41, 5.74) is -5.23. The Balaban J connectivity index is 2.39. The standard InChI is InChI=1S/C13H25F3N4O2S2/c1-17-12(18-7-3-4-10-23-2)19-11-5-8-20(9-6-11)24(21,22)13(14,15)16/h11H,3-10H2,1-2H3,(H2,17,18,19). The first-order chi connectivity index (χ1) is 11.2. The number of rotatable bonds is 7. The number of nitrogens with zero attached hydrogens (tertiary/aromatic N) is 2. The van der Waals surface area contributed by atoms with Crippen LogP contribution in [0.3, 0.4) is 0 Å². The lowest BCUT2D eigenvalue weighted by molar-refractivity contribution is -0.0494. The summed E-state index contributed by atoms with van der Waals surface area (Å²) in [5, 5.41) is 6.30. The highest BCUT2D eigenvalue weighted by Gasteiger charge is 2.50. The number of alkyl halides is 3. The minimum atomic E-state index is -5.23. The molecule has 0 unspecified atom stereocenters. The number of sulfonamides is 1. The lowest BCUT2D eigenvalue weighted by atomic mass is 10.1. The Morgan fingerprint density at radius 1 is 1.29 bits per heavy atom. The number of piperidine rings is 1. The van der Waals surface area contributed by atoms with Crippen molar-refractivity contribution >= 4 is 27.7 Å². The Morgan fingerprint density at radius 2 is 1.92 bits per heavy atom. The van der Waals surface area contributed by atoms with Gasteiger partial charge in [-0.1, -0.05) is 0 Å². The van der Waals surface area contributed by atoms with E-state index in [-0.39, 0.29) is 19.1 Å². The fraction of sp³-hybridized carbons (Fsp3) is 0.923. The zero-order valence-electron chi connectivity index (χ0n) is 13.9. The number of unbranched alkanes of at least 4 members (excludes halogenated alkanes) is 1. The van der Waals surface area contributed by atoms with Gasteiger partial charge in [0.1, 0.15) is 0 Å². The van der Waals surface area contributed by atoms with Crippen molar-refractivity contribution in [2.75, 3.05) is 38.7 Å². The van der Waals surface area contributed by atoms with Crippen molar-refractivity contribution in [2.45, 2.75) is 37.2 Å². The molecule has 1 aliphatic heterocycles. The summed E-state index contributed by atoms with van der Waals surface area (Å²) in [4.78, 5) is 4.08. The lowest BCUT2D eigenvalue weighted by Gasteiger charge is -2.32. The minimum Gasteiger partial charge on any atom is -0.356 e. The molecule has 1 aliphatic rings. The molecule has 0 aromatic rings. The summed E-state index contributed by atoms with van der Waals surface area (Å²) in [5.74, 6) is 1.69. The van der Waals surface area contributed by atoms with Crippen LogP contribution in [0.15, 0.2) is 4.99 Å². The van der Waals surface area contributed by atoms with Gasteiger partial charge in [0.05, 0.1) is 0 Å². The van der Waals surface area contributed by atoms with Crippen LogP contribution in [0, 0.1) is 0 Å². The number of hydrogen-bond acceptors (Lipinski definition) is 4. The van der Waals surface area contributed by atoms with Crippen molar-refractivity contribution in [1.82, 2.24) is 14.9 Å². The molecule has 0 atom stereocenters. The van der Waals surface area contributed by atoms with E-state index in [1.165, 1.54) is 0 Å². The summed E-state index contributed by atoms with van der Waals surface area (Å²) in [7, 11) is -3.60. The largest absolute Gasteiger partial charge is 0.511 e. The van der Waals surface area contributed by atoms with Crippen LogP contribution in [0.1, 0.15) is 25.7 Å². The Labute approximate surface area is 145 Å².